The van der Waals surface area contributed by atoms with E-state index in [1.54, 1.807) is 41.0 Å². The number of anilines is 2. The summed E-state index contributed by atoms with van der Waals surface area (Å²) in [6.07, 6.45) is 3.13. The maximum Gasteiger partial charge on any atom is 0.237 e. The third-order valence-electron chi connectivity index (χ3n) is 4.22. The van der Waals surface area contributed by atoms with Crippen LogP contribution in [0, 0.1) is 5.92 Å². The highest BCUT2D eigenvalue weighted by atomic mass is 16.5. The van der Waals surface area contributed by atoms with Crippen LogP contribution in [0.1, 0.15) is 12.8 Å². The van der Waals surface area contributed by atoms with Crippen molar-refractivity contribution >= 4 is 23.1 Å². The minimum absolute atomic E-state index is 0.0343. The first kappa shape index (κ1) is 16.3. The summed E-state index contributed by atoms with van der Waals surface area (Å²) in [5.41, 5.74) is 6.98. The van der Waals surface area contributed by atoms with E-state index in [-0.39, 0.29) is 11.8 Å². The first-order valence-electron chi connectivity index (χ1n) is 8.46. The molecule has 1 aliphatic rings. The number of rotatable bonds is 4. The number of benzene rings is 1. The number of carbonyl (C=O) groups excluding carboxylic acids is 1. The van der Waals surface area contributed by atoms with Crippen molar-refractivity contribution in [2.45, 2.75) is 12.8 Å². The van der Waals surface area contributed by atoms with Crippen LogP contribution in [-0.4, -0.2) is 33.7 Å². The van der Waals surface area contributed by atoms with Crippen LogP contribution in [0.3, 0.4) is 0 Å². The number of hydrogen-bond acceptors (Lipinski definition) is 6. The Morgan fingerprint density at radius 2 is 2.12 bits per heavy atom. The highest BCUT2D eigenvalue weighted by Gasteiger charge is 2.22. The van der Waals surface area contributed by atoms with Gasteiger partial charge in [0, 0.05) is 37.0 Å². The molecule has 1 amide bonds. The monoisotopic (exact) mass is 353 g/mol. The Morgan fingerprint density at radius 3 is 2.92 bits per heavy atom. The highest BCUT2D eigenvalue weighted by molar-refractivity contribution is 5.91. The van der Waals surface area contributed by atoms with Gasteiger partial charge in [0.15, 0.2) is 11.5 Å². The number of fused-ring (bicyclic) bond motifs is 1. The summed E-state index contributed by atoms with van der Waals surface area (Å²) in [5, 5.41) is 7.21. The van der Waals surface area contributed by atoms with Gasteiger partial charge >= 0.3 is 0 Å². The number of carbonyl (C=O) groups is 1. The van der Waals surface area contributed by atoms with E-state index in [0.29, 0.717) is 42.0 Å². The average Bonchev–Trinajstić information content (AvgIpc) is 3.04. The fourth-order valence-electron chi connectivity index (χ4n) is 2.87. The number of aromatic nitrogens is 3. The summed E-state index contributed by atoms with van der Waals surface area (Å²) in [6, 6.07) is 10.6. The van der Waals surface area contributed by atoms with E-state index in [9.17, 15) is 4.79 Å². The normalized spacial score (nSPS) is 15.1. The van der Waals surface area contributed by atoms with Crippen molar-refractivity contribution in [3.05, 3.63) is 42.6 Å². The van der Waals surface area contributed by atoms with Crippen molar-refractivity contribution in [3.63, 3.8) is 0 Å². The highest BCUT2D eigenvalue weighted by Crippen LogP contribution is 2.22. The van der Waals surface area contributed by atoms with Crippen LogP contribution in [0.25, 0.3) is 5.65 Å². The molecule has 1 aliphatic heterocycles. The van der Waals surface area contributed by atoms with E-state index < -0.39 is 0 Å². The smallest absolute Gasteiger partial charge is 0.237 e. The molecule has 1 aromatic carbocycles. The van der Waals surface area contributed by atoms with E-state index in [2.05, 4.69) is 15.4 Å². The van der Waals surface area contributed by atoms with Gasteiger partial charge in [-0.25, -0.2) is 9.50 Å². The van der Waals surface area contributed by atoms with E-state index in [4.69, 9.17) is 15.2 Å². The maximum atomic E-state index is 12.3. The van der Waals surface area contributed by atoms with Gasteiger partial charge in [-0.1, -0.05) is 6.07 Å². The zero-order valence-electron chi connectivity index (χ0n) is 14.1. The van der Waals surface area contributed by atoms with E-state index >= 15 is 0 Å². The molecule has 4 rings (SSSR count). The zero-order chi connectivity index (χ0) is 17.9. The van der Waals surface area contributed by atoms with Gasteiger partial charge in [0.1, 0.15) is 5.75 Å². The molecule has 0 spiro atoms. The average molecular weight is 353 g/mol. The van der Waals surface area contributed by atoms with Crippen LogP contribution >= 0.6 is 0 Å². The second-order valence-electron chi connectivity index (χ2n) is 6.15. The van der Waals surface area contributed by atoms with Crippen molar-refractivity contribution in [1.29, 1.82) is 0 Å². The molecule has 2 aromatic heterocycles. The number of nitrogens with zero attached hydrogens (tertiary/aromatic N) is 3. The minimum Gasteiger partial charge on any atom is -0.438 e. The third-order valence-corrected chi connectivity index (χ3v) is 4.22. The number of ether oxygens (including phenoxy) is 2. The predicted molar refractivity (Wildman–Crippen MR) is 96.1 cm³/mol. The zero-order valence-corrected chi connectivity index (χ0v) is 14.1. The van der Waals surface area contributed by atoms with Crippen LogP contribution in [0.5, 0.6) is 11.6 Å². The molecule has 8 heteroatoms. The molecule has 8 nitrogen and oxygen atoms in total. The van der Waals surface area contributed by atoms with Crippen molar-refractivity contribution < 1.29 is 14.3 Å². The second kappa shape index (κ2) is 7.01. The first-order chi connectivity index (χ1) is 12.7. The minimum atomic E-state index is -0.0380. The number of hydrogen-bond donors (Lipinski definition) is 2. The maximum absolute atomic E-state index is 12.3. The molecule has 0 unspecified atom stereocenters. The summed E-state index contributed by atoms with van der Waals surface area (Å²) in [4.78, 5) is 16.7. The van der Waals surface area contributed by atoms with Gasteiger partial charge in [-0.05, 0) is 31.0 Å². The lowest BCUT2D eigenvalue weighted by Gasteiger charge is -2.20. The molecule has 3 heterocycles. The lowest BCUT2D eigenvalue weighted by Crippen LogP contribution is -2.28. The van der Waals surface area contributed by atoms with Crippen LogP contribution < -0.4 is 15.8 Å². The Hall–Kier alpha value is -3.13. The Kier molecular flexibility index (Phi) is 4.40. The summed E-state index contributed by atoms with van der Waals surface area (Å²) in [5.74, 6) is 1.40. The van der Waals surface area contributed by atoms with E-state index in [1.807, 2.05) is 6.07 Å². The molecule has 0 bridgehead atoms. The van der Waals surface area contributed by atoms with Gasteiger partial charge in [-0.15, -0.1) is 5.10 Å². The molecule has 1 saturated heterocycles. The molecule has 0 radical (unpaired) electrons. The van der Waals surface area contributed by atoms with Gasteiger partial charge < -0.3 is 20.5 Å². The summed E-state index contributed by atoms with van der Waals surface area (Å²) in [7, 11) is 0. The molecule has 3 N–H and O–H groups in total. The molecular formula is C18H19N5O3. The fourth-order valence-corrected chi connectivity index (χ4v) is 2.87. The lowest BCUT2D eigenvalue weighted by atomic mass is 10.00. The Labute approximate surface area is 149 Å². The first-order valence-corrected chi connectivity index (χ1v) is 8.46. The van der Waals surface area contributed by atoms with Crippen LogP contribution in [0.15, 0.2) is 42.6 Å². The van der Waals surface area contributed by atoms with Crippen molar-refractivity contribution in [2.24, 2.45) is 5.92 Å². The lowest BCUT2D eigenvalue weighted by molar-refractivity contribution is -0.122. The Morgan fingerprint density at radius 1 is 1.27 bits per heavy atom. The van der Waals surface area contributed by atoms with E-state index in [1.165, 1.54) is 0 Å². The standard InChI is InChI=1S/C18H19N5O3/c19-13-2-1-3-14(10-13)26-17-5-4-16-20-15(11-23(16)22-17)21-18(24)12-6-8-25-9-7-12/h1-5,10-12H,6-9,19H2,(H,21,24). The number of nitrogens with two attached hydrogens (primary N) is 1. The Balaban J connectivity index is 1.49. The summed E-state index contributed by atoms with van der Waals surface area (Å²) >= 11 is 0. The quantitative estimate of drug-likeness (QED) is 0.698. The number of nitrogens with one attached hydrogen (secondary N) is 1. The van der Waals surface area contributed by atoms with Crippen LogP contribution in [-0.2, 0) is 9.53 Å². The van der Waals surface area contributed by atoms with Crippen molar-refractivity contribution in [3.8, 4) is 11.6 Å². The predicted octanol–water partition coefficient (Wildman–Crippen LogP) is 2.47. The van der Waals surface area contributed by atoms with Crippen molar-refractivity contribution in [2.75, 3.05) is 24.3 Å². The van der Waals surface area contributed by atoms with Gasteiger partial charge in [0.2, 0.25) is 11.8 Å². The number of amides is 1. The van der Waals surface area contributed by atoms with Gasteiger partial charge in [0.25, 0.3) is 0 Å². The van der Waals surface area contributed by atoms with Crippen molar-refractivity contribution in [1.82, 2.24) is 14.6 Å². The number of nitrogen functional groups attached to an aromatic ring is 1. The third kappa shape index (κ3) is 3.60. The molecule has 134 valence electrons. The molecule has 3 aromatic rings. The van der Waals surface area contributed by atoms with Crippen LogP contribution in [0.4, 0.5) is 11.5 Å². The molecule has 0 atom stereocenters. The number of imidazole rings is 1. The molecule has 26 heavy (non-hydrogen) atoms. The SMILES string of the molecule is Nc1cccc(Oc2ccc3nc(NC(=O)C4CCOCC4)cn3n2)c1. The van der Waals surface area contributed by atoms with Gasteiger partial charge in [-0.3, -0.25) is 4.79 Å². The topological polar surface area (TPSA) is 104 Å². The fraction of sp³-hybridized carbons (Fsp3) is 0.278. The Bertz CT molecular complexity index is 933. The molecule has 0 saturated carbocycles. The molecule has 1 fully saturated rings. The summed E-state index contributed by atoms with van der Waals surface area (Å²) < 4.78 is 12.6. The molecular weight excluding hydrogens is 334 g/mol. The largest absolute Gasteiger partial charge is 0.438 e. The second-order valence-corrected chi connectivity index (χ2v) is 6.15. The summed E-state index contributed by atoms with van der Waals surface area (Å²) in [6.45, 7) is 1.24. The van der Waals surface area contributed by atoms with E-state index in [0.717, 1.165) is 12.8 Å². The molecule has 0 aliphatic carbocycles. The van der Waals surface area contributed by atoms with Gasteiger partial charge in [0.05, 0.1) is 6.20 Å². The van der Waals surface area contributed by atoms with Gasteiger partial charge in [-0.2, -0.15) is 0 Å². The van der Waals surface area contributed by atoms with Crippen LogP contribution in [0.2, 0.25) is 0 Å².